The number of pyridine rings is 1. The van der Waals surface area contributed by atoms with Crippen LogP contribution in [0.5, 0.6) is 0 Å². The average Bonchev–Trinajstić information content (AvgIpc) is 3.01. The Morgan fingerprint density at radius 3 is 2.75 bits per heavy atom. The van der Waals surface area contributed by atoms with E-state index < -0.39 is 6.04 Å². The van der Waals surface area contributed by atoms with E-state index in [1.54, 1.807) is 12.4 Å². The van der Waals surface area contributed by atoms with Crippen molar-refractivity contribution in [2.24, 2.45) is 4.99 Å². The molecule has 1 aliphatic rings. The minimum atomic E-state index is -0.461. The number of amides is 1. The van der Waals surface area contributed by atoms with Crippen LogP contribution in [0.25, 0.3) is 11.1 Å². The predicted octanol–water partition coefficient (Wildman–Crippen LogP) is 4.12. The van der Waals surface area contributed by atoms with Gasteiger partial charge in [-0.25, -0.2) is 0 Å². The molecule has 28 heavy (non-hydrogen) atoms. The number of hydrogen-bond donors (Lipinski definition) is 1. The number of carbonyl (C=O) groups excluding carboxylic acids is 1. The van der Waals surface area contributed by atoms with E-state index in [1.165, 1.54) is 0 Å². The third-order valence-electron chi connectivity index (χ3n) is 4.71. The summed E-state index contributed by atoms with van der Waals surface area (Å²) in [7, 11) is 0. The van der Waals surface area contributed by atoms with Gasteiger partial charge in [0.15, 0.2) is 0 Å². The zero-order valence-corrected chi connectivity index (χ0v) is 16.3. The molecule has 1 amide bonds. The second-order valence-corrected chi connectivity index (χ2v) is 7.01. The maximum atomic E-state index is 12.3. The lowest BCUT2D eigenvalue weighted by Gasteiger charge is -2.12. The number of carbonyl (C=O) groups is 1. The standard InChI is InChI=1S/C21H19ClN4O2/c1-3-24-18(27)10-17-21-19(12(2)28-26-21)16-11-23-9-8-15(16)20(25-17)13-4-6-14(22)7-5-13/h4-9,11,17H,3,10H2,1-2H3,(H,24,27). The number of fused-ring (bicyclic) bond motifs is 3. The van der Waals surface area contributed by atoms with Gasteiger partial charge in [-0.3, -0.25) is 14.8 Å². The lowest BCUT2D eigenvalue weighted by Crippen LogP contribution is -2.24. The Morgan fingerprint density at radius 1 is 1.21 bits per heavy atom. The highest BCUT2D eigenvalue weighted by Crippen LogP contribution is 2.39. The van der Waals surface area contributed by atoms with Crippen molar-refractivity contribution in [3.8, 4) is 11.1 Å². The molecule has 0 saturated heterocycles. The van der Waals surface area contributed by atoms with Gasteiger partial charge >= 0.3 is 0 Å². The highest BCUT2D eigenvalue weighted by atomic mass is 35.5. The fourth-order valence-electron chi connectivity index (χ4n) is 3.46. The van der Waals surface area contributed by atoms with Crippen molar-refractivity contribution in [2.45, 2.75) is 26.3 Å². The van der Waals surface area contributed by atoms with Crippen molar-refractivity contribution in [1.82, 2.24) is 15.5 Å². The number of nitrogens with one attached hydrogen (secondary N) is 1. The summed E-state index contributed by atoms with van der Waals surface area (Å²) >= 11 is 6.07. The fourth-order valence-corrected chi connectivity index (χ4v) is 3.58. The van der Waals surface area contributed by atoms with Gasteiger partial charge in [-0.15, -0.1) is 0 Å². The monoisotopic (exact) mass is 394 g/mol. The highest BCUT2D eigenvalue weighted by Gasteiger charge is 2.31. The van der Waals surface area contributed by atoms with Gasteiger partial charge in [0.2, 0.25) is 5.91 Å². The van der Waals surface area contributed by atoms with Gasteiger partial charge in [0, 0.05) is 40.7 Å². The topological polar surface area (TPSA) is 80.4 Å². The zero-order valence-electron chi connectivity index (χ0n) is 15.6. The van der Waals surface area contributed by atoms with E-state index in [1.807, 2.05) is 44.2 Å². The Labute approximate surface area is 167 Å². The van der Waals surface area contributed by atoms with Gasteiger partial charge < -0.3 is 9.84 Å². The second-order valence-electron chi connectivity index (χ2n) is 6.58. The molecule has 0 saturated carbocycles. The third-order valence-corrected chi connectivity index (χ3v) is 4.96. The Morgan fingerprint density at radius 2 is 2.00 bits per heavy atom. The molecule has 1 aliphatic heterocycles. The Bertz CT molecular complexity index is 1060. The molecule has 1 aromatic carbocycles. The SMILES string of the molecule is CCNC(=O)CC1N=C(c2ccc(Cl)cc2)c2ccncc2-c2c1noc2C. The van der Waals surface area contributed by atoms with Crippen molar-refractivity contribution in [1.29, 1.82) is 0 Å². The molecular weight excluding hydrogens is 376 g/mol. The van der Waals surface area contributed by atoms with Gasteiger partial charge in [-0.05, 0) is 32.0 Å². The smallest absolute Gasteiger partial charge is 0.222 e. The molecule has 142 valence electrons. The molecule has 3 aromatic rings. The van der Waals surface area contributed by atoms with E-state index in [2.05, 4.69) is 15.5 Å². The first-order valence-electron chi connectivity index (χ1n) is 9.09. The largest absolute Gasteiger partial charge is 0.361 e. The molecule has 1 N–H and O–H groups in total. The minimum absolute atomic E-state index is 0.0811. The summed E-state index contributed by atoms with van der Waals surface area (Å²) in [5, 5.41) is 7.73. The van der Waals surface area contributed by atoms with Gasteiger partial charge in [-0.2, -0.15) is 0 Å². The molecule has 1 atom stereocenters. The van der Waals surface area contributed by atoms with E-state index in [9.17, 15) is 4.79 Å². The number of halogens is 1. The molecule has 0 fully saturated rings. The summed E-state index contributed by atoms with van der Waals surface area (Å²) in [4.78, 5) is 21.6. The van der Waals surface area contributed by atoms with Crippen LogP contribution in [0.1, 0.15) is 42.0 Å². The fraction of sp³-hybridized carbons (Fsp3) is 0.238. The van der Waals surface area contributed by atoms with Gasteiger partial charge in [-0.1, -0.05) is 28.9 Å². The first-order chi connectivity index (χ1) is 13.6. The van der Waals surface area contributed by atoms with Crippen LogP contribution in [-0.2, 0) is 4.79 Å². The number of aryl methyl sites for hydroxylation is 1. The van der Waals surface area contributed by atoms with Crippen LogP contribution in [-0.4, -0.2) is 28.3 Å². The first kappa shape index (κ1) is 18.4. The number of nitrogens with zero attached hydrogens (tertiary/aromatic N) is 3. The molecule has 2 aromatic heterocycles. The molecule has 0 bridgehead atoms. The molecule has 6 nitrogen and oxygen atoms in total. The highest BCUT2D eigenvalue weighted by molar-refractivity contribution is 6.30. The second kappa shape index (κ2) is 7.56. The lowest BCUT2D eigenvalue weighted by molar-refractivity contribution is -0.121. The summed E-state index contributed by atoms with van der Waals surface area (Å²) in [6.07, 6.45) is 3.71. The summed E-state index contributed by atoms with van der Waals surface area (Å²) < 4.78 is 5.46. The van der Waals surface area contributed by atoms with E-state index in [0.29, 0.717) is 23.0 Å². The Balaban J connectivity index is 1.92. The van der Waals surface area contributed by atoms with Crippen molar-refractivity contribution >= 4 is 23.2 Å². The van der Waals surface area contributed by atoms with Crippen molar-refractivity contribution < 1.29 is 9.32 Å². The van der Waals surface area contributed by atoms with Crippen LogP contribution in [0, 0.1) is 6.92 Å². The summed E-state index contributed by atoms with van der Waals surface area (Å²) in [5.74, 6) is 0.597. The number of aliphatic imine (C=N–C) groups is 1. The number of benzene rings is 1. The summed E-state index contributed by atoms with van der Waals surface area (Å²) in [6.45, 7) is 4.31. The van der Waals surface area contributed by atoms with E-state index in [0.717, 1.165) is 28.0 Å². The molecule has 0 aliphatic carbocycles. The van der Waals surface area contributed by atoms with E-state index in [4.69, 9.17) is 21.1 Å². The normalized spacial score (nSPS) is 15.2. The van der Waals surface area contributed by atoms with Crippen LogP contribution in [0.3, 0.4) is 0 Å². The van der Waals surface area contributed by atoms with Crippen molar-refractivity contribution in [3.05, 3.63) is 70.3 Å². The van der Waals surface area contributed by atoms with Crippen LogP contribution < -0.4 is 5.32 Å². The van der Waals surface area contributed by atoms with Gasteiger partial charge in [0.25, 0.3) is 0 Å². The summed E-state index contributed by atoms with van der Waals surface area (Å²) in [6, 6.07) is 8.97. The molecule has 4 rings (SSSR count). The zero-order chi connectivity index (χ0) is 19.7. The van der Waals surface area contributed by atoms with Crippen molar-refractivity contribution in [3.63, 3.8) is 0 Å². The van der Waals surface area contributed by atoms with Crippen LogP contribution in [0.4, 0.5) is 0 Å². The number of hydrogen-bond acceptors (Lipinski definition) is 5. The molecule has 0 radical (unpaired) electrons. The lowest BCUT2D eigenvalue weighted by atomic mass is 9.94. The molecule has 3 heterocycles. The molecule has 1 unspecified atom stereocenters. The minimum Gasteiger partial charge on any atom is -0.361 e. The number of rotatable bonds is 4. The predicted molar refractivity (Wildman–Crippen MR) is 108 cm³/mol. The molecular formula is C21H19ClN4O2. The summed E-state index contributed by atoms with van der Waals surface area (Å²) in [5.41, 5.74) is 5.01. The Kier molecular flexibility index (Phi) is 4.96. The number of aromatic nitrogens is 2. The van der Waals surface area contributed by atoms with Crippen LogP contribution >= 0.6 is 11.6 Å². The van der Waals surface area contributed by atoms with Gasteiger partial charge in [0.1, 0.15) is 17.5 Å². The molecule has 7 heteroatoms. The molecule has 0 spiro atoms. The van der Waals surface area contributed by atoms with E-state index >= 15 is 0 Å². The van der Waals surface area contributed by atoms with Gasteiger partial charge in [0.05, 0.1) is 17.7 Å². The van der Waals surface area contributed by atoms with Crippen molar-refractivity contribution in [2.75, 3.05) is 6.54 Å². The third kappa shape index (κ3) is 3.31. The van der Waals surface area contributed by atoms with Crippen LogP contribution in [0.15, 0.2) is 52.2 Å². The van der Waals surface area contributed by atoms with E-state index in [-0.39, 0.29) is 12.3 Å². The quantitative estimate of drug-likeness (QED) is 0.721. The maximum absolute atomic E-state index is 12.3. The maximum Gasteiger partial charge on any atom is 0.222 e. The Hall–Kier alpha value is -2.99. The van der Waals surface area contributed by atoms with Crippen LogP contribution in [0.2, 0.25) is 5.02 Å². The average molecular weight is 395 g/mol. The first-order valence-corrected chi connectivity index (χ1v) is 9.47.